The van der Waals surface area contributed by atoms with E-state index >= 15 is 0 Å². The molecule has 158 valence electrons. The SMILES string of the molecule is C.CC(C)(C)[C@@H]1C=C(C(=O)O)[C@H](c2ccc(Cl)c(Cl)c2)N1S(=O)(=O)C(C)(C)C. The van der Waals surface area contributed by atoms with Gasteiger partial charge in [-0.2, -0.15) is 4.31 Å². The number of benzene rings is 1. The van der Waals surface area contributed by atoms with Gasteiger partial charge >= 0.3 is 5.97 Å². The van der Waals surface area contributed by atoms with Gasteiger partial charge in [0.1, 0.15) is 0 Å². The van der Waals surface area contributed by atoms with Crippen molar-refractivity contribution in [3.8, 4) is 0 Å². The molecule has 1 aromatic carbocycles. The van der Waals surface area contributed by atoms with Crippen molar-refractivity contribution in [1.29, 1.82) is 0 Å². The number of aliphatic carboxylic acids is 1. The molecule has 1 aromatic rings. The fourth-order valence-electron chi connectivity index (χ4n) is 3.07. The van der Waals surface area contributed by atoms with E-state index in [4.69, 9.17) is 23.2 Å². The highest BCUT2D eigenvalue weighted by Gasteiger charge is 2.52. The largest absolute Gasteiger partial charge is 0.478 e. The maximum atomic E-state index is 13.5. The number of hydrogen-bond donors (Lipinski definition) is 1. The maximum absolute atomic E-state index is 13.5. The van der Waals surface area contributed by atoms with Crippen LogP contribution in [0.2, 0.25) is 10.0 Å². The lowest BCUT2D eigenvalue weighted by molar-refractivity contribution is -0.133. The van der Waals surface area contributed by atoms with Crippen LogP contribution in [0.4, 0.5) is 0 Å². The zero-order valence-corrected chi connectivity index (χ0v) is 18.6. The van der Waals surface area contributed by atoms with Crippen molar-refractivity contribution < 1.29 is 18.3 Å². The van der Waals surface area contributed by atoms with Crippen molar-refractivity contribution in [2.45, 2.75) is 65.8 Å². The number of halogens is 2. The third-order valence-electron chi connectivity index (χ3n) is 4.61. The van der Waals surface area contributed by atoms with Gasteiger partial charge in [-0.1, -0.05) is 63.5 Å². The number of sulfonamides is 1. The van der Waals surface area contributed by atoms with Crippen molar-refractivity contribution in [3.05, 3.63) is 45.5 Å². The van der Waals surface area contributed by atoms with Crippen molar-refractivity contribution in [3.63, 3.8) is 0 Å². The molecule has 0 bridgehead atoms. The van der Waals surface area contributed by atoms with Gasteiger partial charge in [-0.3, -0.25) is 0 Å². The second kappa shape index (κ2) is 7.98. The van der Waals surface area contributed by atoms with Crippen LogP contribution in [0, 0.1) is 5.41 Å². The fraction of sp³-hybridized carbons (Fsp3) is 0.550. The van der Waals surface area contributed by atoms with Crippen LogP contribution in [0.1, 0.15) is 60.6 Å². The molecule has 0 amide bonds. The van der Waals surface area contributed by atoms with Gasteiger partial charge in [-0.25, -0.2) is 13.2 Å². The van der Waals surface area contributed by atoms with Crippen molar-refractivity contribution in [2.75, 3.05) is 0 Å². The molecule has 0 unspecified atom stereocenters. The Morgan fingerprint density at radius 1 is 1.07 bits per heavy atom. The first-order valence-corrected chi connectivity index (χ1v) is 10.7. The van der Waals surface area contributed by atoms with E-state index in [1.165, 1.54) is 10.4 Å². The Morgan fingerprint density at radius 3 is 2.00 bits per heavy atom. The lowest BCUT2D eigenvalue weighted by Crippen LogP contribution is -2.51. The Kier molecular flexibility index (Phi) is 7.11. The Labute approximate surface area is 178 Å². The van der Waals surface area contributed by atoms with Crippen molar-refractivity contribution >= 4 is 39.2 Å². The summed E-state index contributed by atoms with van der Waals surface area (Å²) in [5, 5.41) is 10.3. The van der Waals surface area contributed by atoms with Crippen LogP contribution < -0.4 is 0 Å². The summed E-state index contributed by atoms with van der Waals surface area (Å²) in [5.41, 5.74) is -0.0250. The molecule has 0 spiro atoms. The molecule has 1 aliphatic heterocycles. The maximum Gasteiger partial charge on any atom is 0.333 e. The summed E-state index contributed by atoms with van der Waals surface area (Å²) in [4.78, 5) is 12.0. The van der Waals surface area contributed by atoms with Gasteiger partial charge in [-0.05, 0) is 43.9 Å². The third kappa shape index (κ3) is 4.40. The summed E-state index contributed by atoms with van der Waals surface area (Å²) < 4.78 is 27.1. The number of carboxylic acid groups (broad SMARTS) is 1. The van der Waals surface area contributed by atoms with E-state index in [1.807, 2.05) is 20.8 Å². The van der Waals surface area contributed by atoms with E-state index in [2.05, 4.69) is 0 Å². The highest BCUT2D eigenvalue weighted by molar-refractivity contribution is 7.90. The Hall–Kier alpha value is -1.08. The van der Waals surface area contributed by atoms with Crippen LogP contribution >= 0.6 is 23.2 Å². The molecule has 0 aliphatic carbocycles. The van der Waals surface area contributed by atoms with E-state index in [0.29, 0.717) is 10.6 Å². The van der Waals surface area contributed by atoms with Crippen LogP contribution in [0.15, 0.2) is 29.8 Å². The third-order valence-corrected chi connectivity index (χ3v) is 7.89. The van der Waals surface area contributed by atoms with E-state index in [9.17, 15) is 18.3 Å². The second-order valence-corrected chi connectivity index (χ2v) is 12.2. The minimum absolute atomic E-state index is 0. The number of rotatable bonds is 3. The zero-order chi connectivity index (χ0) is 20.9. The average Bonchev–Trinajstić information content (AvgIpc) is 2.90. The molecule has 28 heavy (non-hydrogen) atoms. The topological polar surface area (TPSA) is 74.7 Å². The van der Waals surface area contributed by atoms with E-state index in [0.717, 1.165) is 0 Å². The van der Waals surface area contributed by atoms with Gasteiger partial charge in [-0.15, -0.1) is 0 Å². The summed E-state index contributed by atoms with van der Waals surface area (Å²) in [6, 6.07) is 3.09. The van der Waals surface area contributed by atoms with E-state index < -0.39 is 38.2 Å². The first-order chi connectivity index (χ1) is 12.1. The molecule has 2 atom stereocenters. The molecular formula is C20H29Cl2NO4S. The Balaban J connectivity index is 0.00000392. The minimum atomic E-state index is -3.85. The Bertz CT molecular complexity index is 896. The van der Waals surface area contributed by atoms with Gasteiger partial charge < -0.3 is 5.11 Å². The molecule has 8 heteroatoms. The van der Waals surface area contributed by atoms with Gasteiger partial charge in [0.05, 0.1) is 26.4 Å². The molecule has 0 saturated carbocycles. The number of carboxylic acids is 1. The molecule has 2 rings (SSSR count). The van der Waals surface area contributed by atoms with Crippen LogP contribution in [-0.4, -0.2) is 34.6 Å². The minimum Gasteiger partial charge on any atom is -0.478 e. The molecule has 1 heterocycles. The molecule has 0 saturated heterocycles. The van der Waals surface area contributed by atoms with Gasteiger partial charge in [0.2, 0.25) is 10.0 Å². The zero-order valence-electron chi connectivity index (χ0n) is 16.2. The summed E-state index contributed by atoms with van der Waals surface area (Å²) in [5.74, 6) is -1.16. The summed E-state index contributed by atoms with van der Waals surface area (Å²) in [7, 11) is -3.85. The van der Waals surface area contributed by atoms with Crippen molar-refractivity contribution in [2.24, 2.45) is 5.41 Å². The van der Waals surface area contributed by atoms with E-state index in [-0.39, 0.29) is 18.0 Å². The molecule has 0 aromatic heterocycles. The molecule has 5 nitrogen and oxygen atoms in total. The average molecular weight is 450 g/mol. The smallest absolute Gasteiger partial charge is 0.333 e. The van der Waals surface area contributed by atoms with Crippen LogP contribution in [-0.2, 0) is 14.8 Å². The summed E-state index contributed by atoms with van der Waals surface area (Å²) in [6.07, 6.45) is 1.54. The fourth-order valence-corrected chi connectivity index (χ4v) is 5.19. The van der Waals surface area contributed by atoms with Crippen LogP contribution in [0.5, 0.6) is 0 Å². The molecule has 0 radical (unpaired) electrons. The first-order valence-electron chi connectivity index (χ1n) is 8.52. The van der Waals surface area contributed by atoms with Gasteiger partial charge in [0.25, 0.3) is 0 Å². The van der Waals surface area contributed by atoms with Crippen LogP contribution in [0.3, 0.4) is 0 Å². The quantitative estimate of drug-likeness (QED) is 0.656. The number of nitrogens with zero attached hydrogens (tertiary/aromatic N) is 1. The molecule has 0 fully saturated rings. The predicted molar refractivity (Wildman–Crippen MR) is 115 cm³/mol. The highest BCUT2D eigenvalue weighted by Crippen LogP contribution is 2.47. The van der Waals surface area contributed by atoms with Gasteiger partial charge in [0, 0.05) is 6.04 Å². The number of carbonyl (C=O) groups is 1. The van der Waals surface area contributed by atoms with Crippen molar-refractivity contribution in [1.82, 2.24) is 4.31 Å². The lowest BCUT2D eigenvalue weighted by atomic mass is 9.87. The van der Waals surface area contributed by atoms with Gasteiger partial charge in [0.15, 0.2) is 0 Å². The molecule has 1 aliphatic rings. The lowest BCUT2D eigenvalue weighted by Gasteiger charge is -2.40. The normalized spacial score (nSPS) is 21.2. The molecule has 1 N–H and O–H groups in total. The summed E-state index contributed by atoms with van der Waals surface area (Å²) >= 11 is 12.1. The monoisotopic (exact) mass is 449 g/mol. The van der Waals surface area contributed by atoms with Crippen LogP contribution in [0.25, 0.3) is 0 Å². The molecular weight excluding hydrogens is 421 g/mol. The summed E-state index contributed by atoms with van der Waals surface area (Å²) in [6.45, 7) is 10.5. The Morgan fingerprint density at radius 2 is 1.61 bits per heavy atom. The standard InChI is InChI=1S/C19H25Cl2NO4S.CH4/c1-18(2,3)15-10-12(17(23)24)16(11-7-8-13(20)14(21)9-11)22(15)27(25,26)19(4,5)6;/h7-10,15-16H,1-6H3,(H,23,24);1H4/t15-,16-;/m0./s1. The first kappa shape index (κ1) is 25.0. The predicted octanol–water partition coefficient (Wildman–Crippen LogP) is 5.54. The highest BCUT2D eigenvalue weighted by atomic mass is 35.5. The van der Waals surface area contributed by atoms with E-state index in [1.54, 1.807) is 39.0 Å². The second-order valence-electron chi connectivity index (χ2n) is 8.76. The number of hydrogen-bond acceptors (Lipinski definition) is 3.